The van der Waals surface area contributed by atoms with Crippen LogP contribution in [0.1, 0.15) is 70.6 Å². The van der Waals surface area contributed by atoms with Crippen LogP contribution >= 0.6 is 0 Å². The number of rotatable bonds is 0. The number of fused-ring (bicyclic) bond motifs is 1. The number of piperidine rings is 2. The number of allylic oxidation sites excluding steroid dienone is 4. The van der Waals surface area contributed by atoms with E-state index >= 15 is 0 Å². The van der Waals surface area contributed by atoms with Crippen molar-refractivity contribution in [2.75, 3.05) is 32.7 Å². The zero-order valence-electron chi connectivity index (χ0n) is 17.8. The third-order valence-corrected chi connectivity index (χ3v) is 8.53. The standard InChI is InChI=1S/C26H40N2/c1-3-7-11-16-27-18-14-24-23-19-22(13-9-5-1)25-26(24,21-27)15-10-6-2-4-8-12-17-28(25)20-23/h1-2,5-6,19,23-25H,3-4,7-18,20-21H2. The van der Waals surface area contributed by atoms with Crippen LogP contribution in [0, 0.1) is 17.3 Å². The third kappa shape index (κ3) is 3.56. The van der Waals surface area contributed by atoms with Gasteiger partial charge in [-0.2, -0.15) is 0 Å². The molecule has 0 radical (unpaired) electrons. The van der Waals surface area contributed by atoms with E-state index in [1.54, 1.807) is 0 Å². The van der Waals surface area contributed by atoms with Crippen molar-refractivity contribution >= 4 is 0 Å². The zero-order valence-corrected chi connectivity index (χ0v) is 17.8. The molecule has 5 heterocycles. The molecule has 6 atom stereocenters. The molecule has 28 heavy (non-hydrogen) atoms. The summed E-state index contributed by atoms with van der Waals surface area (Å²) in [7, 11) is 0. The molecule has 6 rings (SSSR count). The van der Waals surface area contributed by atoms with Crippen molar-refractivity contribution in [2.24, 2.45) is 17.3 Å². The largest absolute Gasteiger partial charge is 0.303 e. The highest BCUT2D eigenvalue weighted by Crippen LogP contribution is 2.57. The molecule has 0 saturated carbocycles. The smallest absolute Gasteiger partial charge is 0.0379 e. The molecule has 0 aromatic rings. The molecule has 154 valence electrons. The van der Waals surface area contributed by atoms with Crippen LogP contribution in [0.4, 0.5) is 0 Å². The lowest BCUT2D eigenvalue weighted by Crippen LogP contribution is -2.68. The first kappa shape index (κ1) is 19.1. The van der Waals surface area contributed by atoms with Crippen LogP contribution in [-0.2, 0) is 0 Å². The fraction of sp³-hybridized carbons (Fsp3) is 0.769. The normalized spacial score (nSPS) is 44.0. The molecule has 2 heteroatoms. The van der Waals surface area contributed by atoms with Crippen LogP contribution in [-0.4, -0.2) is 48.6 Å². The van der Waals surface area contributed by atoms with E-state index in [0.29, 0.717) is 5.41 Å². The average molecular weight is 381 g/mol. The number of hydrogen-bond acceptors (Lipinski definition) is 2. The Balaban J connectivity index is 1.53. The van der Waals surface area contributed by atoms with Crippen LogP contribution in [0.15, 0.2) is 36.0 Å². The molecule has 0 aromatic carbocycles. The minimum Gasteiger partial charge on any atom is -0.303 e. The molecule has 2 saturated heterocycles. The maximum atomic E-state index is 2.97. The SMILES string of the molecule is C1=CCCC2=CC3CN4CCCCC=CCCC5(CN(CCCC1)CCC35)C24. The lowest BCUT2D eigenvalue weighted by Gasteiger charge is -2.64. The third-order valence-electron chi connectivity index (χ3n) is 8.53. The van der Waals surface area contributed by atoms with Crippen molar-refractivity contribution in [1.29, 1.82) is 0 Å². The fourth-order valence-electron chi connectivity index (χ4n) is 7.44. The average Bonchev–Trinajstić information content (AvgIpc) is 2.73. The van der Waals surface area contributed by atoms with Crippen LogP contribution in [0.3, 0.4) is 0 Å². The summed E-state index contributed by atoms with van der Waals surface area (Å²) in [4.78, 5) is 5.84. The number of hydrogen-bond donors (Lipinski definition) is 0. The van der Waals surface area contributed by atoms with Crippen molar-refractivity contribution in [3.05, 3.63) is 36.0 Å². The van der Waals surface area contributed by atoms with Crippen LogP contribution in [0.5, 0.6) is 0 Å². The van der Waals surface area contributed by atoms with Gasteiger partial charge in [-0.1, -0.05) is 36.0 Å². The zero-order chi connectivity index (χ0) is 18.8. The maximum absolute atomic E-state index is 2.97. The Labute approximate surface area is 172 Å². The minimum atomic E-state index is 0.512. The second-order valence-electron chi connectivity index (χ2n) is 10.2. The van der Waals surface area contributed by atoms with Crippen LogP contribution in [0.25, 0.3) is 0 Å². The second-order valence-corrected chi connectivity index (χ2v) is 10.2. The highest BCUT2D eigenvalue weighted by atomic mass is 15.2. The maximum Gasteiger partial charge on any atom is 0.0379 e. The summed E-state index contributed by atoms with van der Waals surface area (Å²) < 4.78 is 0. The Morgan fingerprint density at radius 2 is 1.61 bits per heavy atom. The Bertz CT molecular complexity index is 632. The molecular formula is C26H40N2. The van der Waals surface area contributed by atoms with Crippen molar-refractivity contribution in [3.8, 4) is 0 Å². The van der Waals surface area contributed by atoms with E-state index in [-0.39, 0.29) is 0 Å². The van der Waals surface area contributed by atoms with Gasteiger partial charge in [0.25, 0.3) is 0 Å². The van der Waals surface area contributed by atoms with Gasteiger partial charge in [-0.05, 0) is 102 Å². The summed E-state index contributed by atoms with van der Waals surface area (Å²) in [6.07, 6.45) is 27.5. The quantitative estimate of drug-likeness (QED) is 0.507. The lowest BCUT2D eigenvalue weighted by molar-refractivity contribution is -0.109. The van der Waals surface area contributed by atoms with Gasteiger partial charge in [0.05, 0.1) is 0 Å². The predicted octanol–water partition coefficient (Wildman–Crippen LogP) is 5.58. The van der Waals surface area contributed by atoms with Crippen LogP contribution < -0.4 is 0 Å². The molecule has 5 aliphatic heterocycles. The topological polar surface area (TPSA) is 6.48 Å². The van der Waals surface area contributed by atoms with Crippen molar-refractivity contribution < 1.29 is 0 Å². The molecule has 0 aromatic heterocycles. The molecule has 1 aliphatic carbocycles. The molecule has 0 N–H and O–H groups in total. The molecule has 6 aliphatic rings. The first-order valence-electron chi connectivity index (χ1n) is 12.3. The molecule has 2 fully saturated rings. The van der Waals surface area contributed by atoms with Crippen molar-refractivity contribution in [2.45, 2.75) is 76.7 Å². The molecule has 6 unspecified atom stereocenters. The predicted molar refractivity (Wildman–Crippen MR) is 118 cm³/mol. The van der Waals surface area contributed by atoms with Gasteiger partial charge in [-0.3, -0.25) is 4.90 Å². The van der Waals surface area contributed by atoms with Gasteiger partial charge in [0.15, 0.2) is 0 Å². The van der Waals surface area contributed by atoms with Gasteiger partial charge >= 0.3 is 0 Å². The summed E-state index contributed by atoms with van der Waals surface area (Å²) in [5.74, 6) is 1.75. The van der Waals surface area contributed by atoms with E-state index < -0.39 is 0 Å². The van der Waals surface area contributed by atoms with Gasteiger partial charge < -0.3 is 4.90 Å². The molecule has 0 amide bonds. The van der Waals surface area contributed by atoms with Crippen LogP contribution in [0.2, 0.25) is 0 Å². The fourth-order valence-corrected chi connectivity index (χ4v) is 7.44. The first-order chi connectivity index (χ1) is 13.9. The summed E-state index contributed by atoms with van der Waals surface area (Å²) in [5, 5.41) is 0. The van der Waals surface area contributed by atoms with E-state index in [0.717, 1.165) is 17.9 Å². The minimum absolute atomic E-state index is 0.512. The highest BCUT2D eigenvalue weighted by molar-refractivity contribution is 5.30. The van der Waals surface area contributed by atoms with E-state index in [4.69, 9.17) is 0 Å². The summed E-state index contributed by atoms with van der Waals surface area (Å²) >= 11 is 0. The Morgan fingerprint density at radius 3 is 2.50 bits per heavy atom. The monoisotopic (exact) mass is 380 g/mol. The second kappa shape index (κ2) is 8.48. The van der Waals surface area contributed by atoms with Gasteiger partial charge in [0.1, 0.15) is 0 Å². The van der Waals surface area contributed by atoms with Crippen molar-refractivity contribution in [3.63, 3.8) is 0 Å². The Hall–Kier alpha value is -0.860. The van der Waals surface area contributed by atoms with Gasteiger partial charge in [0, 0.05) is 24.5 Å². The van der Waals surface area contributed by atoms with E-state index in [2.05, 4.69) is 40.2 Å². The molecule has 2 nitrogen and oxygen atoms in total. The summed E-state index contributed by atoms with van der Waals surface area (Å²) in [6.45, 7) is 6.73. The summed E-state index contributed by atoms with van der Waals surface area (Å²) in [5.41, 5.74) is 2.33. The summed E-state index contributed by atoms with van der Waals surface area (Å²) in [6, 6.07) is 0.728. The van der Waals surface area contributed by atoms with Gasteiger partial charge in [0.2, 0.25) is 0 Å². The van der Waals surface area contributed by atoms with E-state index in [1.807, 2.05) is 5.57 Å². The molecular weight excluding hydrogens is 340 g/mol. The van der Waals surface area contributed by atoms with Gasteiger partial charge in [-0.15, -0.1) is 0 Å². The van der Waals surface area contributed by atoms with Crippen molar-refractivity contribution in [1.82, 2.24) is 9.80 Å². The molecule has 1 spiro atoms. The highest BCUT2D eigenvalue weighted by Gasteiger charge is 2.58. The molecule has 6 bridgehead atoms. The van der Waals surface area contributed by atoms with Gasteiger partial charge in [-0.25, -0.2) is 0 Å². The first-order valence-corrected chi connectivity index (χ1v) is 12.3. The Morgan fingerprint density at radius 1 is 0.821 bits per heavy atom. The van der Waals surface area contributed by atoms with E-state index in [9.17, 15) is 0 Å². The lowest BCUT2D eigenvalue weighted by atomic mass is 9.52. The van der Waals surface area contributed by atoms with E-state index in [1.165, 1.54) is 103 Å². The Kier molecular flexibility index (Phi) is 5.79. The number of nitrogens with zero attached hydrogens (tertiary/aromatic N) is 2.